The van der Waals surface area contributed by atoms with Crippen molar-refractivity contribution in [3.05, 3.63) is 12.2 Å². The number of rotatable bonds is 49. The van der Waals surface area contributed by atoms with E-state index in [0.29, 0.717) is 51.0 Å². The number of hydrogen-bond donors (Lipinski definition) is 2. The Labute approximate surface area is 451 Å². The molecule has 0 spiro atoms. The van der Waals surface area contributed by atoms with Gasteiger partial charge in [-0.2, -0.15) is 0 Å². The highest BCUT2D eigenvalue weighted by Crippen LogP contribution is 2.20. The van der Waals surface area contributed by atoms with Crippen LogP contribution in [-0.2, 0) is 38.0 Å². The summed E-state index contributed by atoms with van der Waals surface area (Å²) in [6.07, 6.45) is 36.8. The molecule has 0 bridgehead atoms. The Morgan fingerprint density at radius 2 is 0.889 bits per heavy atom. The molecule has 0 aliphatic carbocycles. The van der Waals surface area contributed by atoms with Crippen LogP contribution in [0.4, 0.5) is 0 Å². The lowest BCUT2D eigenvalue weighted by molar-refractivity contribution is -0.163. The summed E-state index contributed by atoms with van der Waals surface area (Å²) in [5.41, 5.74) is 0. The Kier molecular flexibility index (Phi) is 42.4. The number of unbranched alkanes of at least 4 members (excludes halogenated alkanes) is 21. The van der Waals surface area contributed by atoms with Gasteiger partial charge in [-0.05, 0) is 121 Å². The molecule has 2 saturated heterocycles. The lowest BCUT2D eigenvalue weighted by Gasteiger charge is -2.36. The van der Waals surface area contributed by atoms with Gasteiger partial charge in [0.1, 0.15) is 13.2 Å². The van der Waals surface area contributed by atoms with Gasteiger partial charge in [-0.15, -0.1) is 0 Å². The summed E-state index contributed by atoms with van der Waals surface area (Å²) < 4.78 is 36.9. The van der Waals surface area contributed by atoms with Crippen molar-refractivity contribution in [2.45, 2.75) is 245 Å². The SMILES string of the molecule is CCCCCCCC/C=C\CCCCCCCC(=O)OCC(OC(=S)NCCCC1CN(C)C1)C(COC(=O)CCC(OCCCCCCCC)OCCCCCCCC)OC(=S)NCCCC1CN(C)C1. The summed E-state index contributed by atoms with van der Waals surface area (Å²) in [6.45, 7) is 13.4. The topological polar surface area (TPSA) is 120 Å². The number of esters is 2. The molecule has 12 nitrogen and oxygen atoms in total. The van der Waals surface area contributed by atoms with E-state index in [0.717, 1.165) is 110 Å². The second-order valence-electron chi connectivity index (χ2n) is 21.1. The molecule has 2 unspecified atom stereocenters. The molecule has 2 rings (SSSR count). The van der Waals surface area contributed by atoms with E-state index in [2.05, 4.69) is 67.5 Å². The zero-order chi connectivity index (χ0) is 52.1. The van der Waals surface area contributed by atoms with Gasteiger partial charge in [0, 0.05) is 65.3 Å². The largest absolute Gasteiger partial charge is 0.462 e. The number of allylic oxidation sites excluding steroid dienone is 2. The van der Waals surface area contributed by atoms with E-state index in [4.69, 9.17) is 52.9 Å². The van der Waals surface area contributed by atoms with E-state index < -0.39 is 24.5 Å². The first-order valence-electron chi connectivity index (χ1n) is 29.6. The summed E-state index contributed by atoms with van der Waals surface area (Å²) in [5, 5.41) is 6.84. The summed E-state index contributed by atoms with van der Waals surface area (Å²) in [6, 6.07) is 0. The summed E-state index contributed by atoms with van der Waals surface area (Å²) in [7, 11) is 4.29. The minimum atomic E-state index is -0.907. The van der Waals surface area contributed by atoms with Gasteiger partial charge in [0.25, 0.3) is 10.3 Å². The van der Waals surface area contributed by atoms with Crippen molar-refractivity contribution >= 4 is 46.7 Å². The highest BCUT2D eigenvalue weighted by molar-refractivity contribution is 7.80. The maximum atomic E-state index is 13.5. The van der Waals surface area contributed by atoms with Crippen LogP contribution in [0.1, 0.15) is 226 Å². The van der Waals surface area contributed by atoms with Crippen molar-refractivity contribution < 1.29 is 38.0 Å². The normalized spacial score (nSPS) is 15.3. The van der Waals surface area contributed by atoms with E-state index in [1.807, 2.05) is 0 Å². The van der Waals surface area contributed by atoms with Crippen molar-refractivity contribution in [2.24, 2.45) is 11.8 Å². The molecule has 0 amide bonds. The molecular formula is C58H108N4O8S2. The van der Waals surface area contributed by atoms with Gasteiger partial charge >= 0.3 is 11.9 Å². The predicted molar refractivity (Wildman–Crippen MR) is 304 cm³/mol. The molecule has 420 valence electrons. The van der Waals surface area contributed by atoms with Gasteiger partial charge in [0.15, 0.2) is 18.5 Å². The van der Waals surface area contributed by atoms with Crippen LogP contribution in [-0.4, -0.2) is 130 Å². The van der Waals surface area contributed by atoms with Gasteiger partial charge in [-0.3, -0.25) is 9.59 Å². The highest BCUT2D eigenvalue weighted by atomic mass is 32.1. The minimum Gasteiger partial charge on any atom is -0.462 e. The third-order valence-corrected chi connectivity index (χ3v) is 14.5. The fraction of sp³-hybridized carbons (Fsp3) is 0.897. The molecule has 2 fully saturated rings. The smallest absolute Gasteiger partial charge is 0.306 e. The molecular weight excluding hydrogens is 945 g/mol. The molecule has 0 radical (unpaired) electrons. The number of likely N-dealkylation sites (tertiary alicyclic amines) is 2. The molecule has 2 N–H and O–H groups in total. The second kappa shape index (κ2) is 46.2. The summed E-state index contributed by atoms with van der Waals surface area (Å²) in [4.78, 5) is 31.4. The van der Waals surface area contributed by atoms with Crippen LogP contribution < -0.4 is 10.6 Å². The number of ether oxygens (including phenoxy) is 6. The lowest BCUT2D eigenvalue weighted by atomic mass is 9.95. The molecule has 0 aromatic heterocycles. The first kappa shape index (κ1) is 66.0. The Bertz CT molecular complexity index is 1350. The van der Waals surface area contributed by atoms with E-state index >= 15 is 0 Å². The van der Waals surface area contributed by atoms with Gasteiger partial charge in [-0.25, -0.2) is 0 Å². The first-order chi connectivity index (χ1) is 35.1. The average Bonchev–Trinajstić information content (AvgIpc) is 3.34. The van der Waals surface area contributed by atoms with Gasteiger partial charge in [0.2, 0.25) is 0 Å². The monoisotopic (exact) mass is 1050 g/mol. The fourth-order valence-electron chi connectivity index (χ4n) is 9.46. The third-order valence-electron chi connectivity index (χ3n) is 14.0. The van der Waals surface area contributed by atoms with E-state index in [1.165, 1.54) is 103 Å². The van der Waals surface area contributed by atoms with Crippen LogP contribution in [0.3, 0.4) is 0 Å². The zero-order valence-corrected chi connectivity index (χ0v) is 48.3. The van der Waals surface area contributed by atoms with Gasteiger partial charge in [0.05, 0.1) is 6.42 Å². The van der Waals surface area contributed by atoms with E-state index in [9.17, 15) is 9.59 Å². The number of nitrogens with zero attached hydrogens (tertiary/aromatic N) is 2. The molecule has 72 heavy (non-hydrogen) atoms. The molecule has 2 atom stereocenters. The van der Waals surface area contributed by atoms with Crippen molar-refractivity contribution in [1.29, 1.82) is 0 Å². The Balaban J connectivity index is 2.02. The van der Waals surface area contributed by atoms with E-state index in [-0.39, 0.29) is 36.0 Å². The predicted octanol–water partition coefficient (Wildman–Crippen LogP) is 13.2. The highest BCUT2D eigenvalue weighted by Gasteiger charge is 2.31. The maximum Gasteiger partial charge on any atom is 0.306 e. The zero-order valence-electron chi connectivity index (χ0n) is 46.7. The number of hydrogen-bond acceptors (Lipinski definition) is 12. The standard InChI is InChI=1S/C58H108N4O8S2/c1-6-9-12-15-18-19-20-21-22-23-24-25-26-27-30-37-54(63)67-48-52(69-57(71)59-40-33-35-50-44-61(4)45-50)53(70-58(72)60-41-34-36-51-46-62(5)47-51)49-68-55(64)38-39-56(65-42-31-28-16-13-10-7-2)66-43-32-29-17-14-11-8-3/h21-22,50-53,56H,6-20,23-49H2,1-5H3,(H,59,71)(H,60,72)/b22-21-. The Morgan fingerprint density at radius 1 is 0.514 bits per heavy atom. The quantitative estimate of drug-likeness (QED) is 0.0198. The molecule has 0 aromatic rings. The number of thiocarbonyl (C=S) groups is 2. The average molecular weight is 1050 g/mol. The molecule has 14 heteroatoms. The molecule has 2 aliphatic heterocycles. The van der Waals surface area contributed by atoms with Crippen LogP contribution >= 0.6 is 24.4 Å². The molecule has 0 aromatic carbocycles. The van der Waals surface area contributed by atoms with Crippen LogP contribution in [0.2, 0.25) is 0 Å². The van der Waals surface area contributed by atoms with Crippen molar-refractivity contribution in [3.63, 3.8) is 0 Å². The van der Waals surface area contributed by atoms with Crippen LogP contribution in [0.25, 0.3) is 0 Å². The molecule has 2 aliphatic rings. The third kappa shape index (κ3) is 37.6. The number of carbonyl (C=O) groups is 2. The number of nitrogens with one attached hydrogen (secondary N) is 2. The maximum absolute atomic E-state index is 13.5. The van der Waals surface area contributed by atoms with Crippen molar-refractivity contribution in [1.82, 2.24) is 20.4 Å². The summed E-state index contributed by atoms with van der Waals surface area (Å²) in [5.74, 6) is 0.677. The molecule has 2 heterocycles. The first-order valence-corrected chi connectivity index (χ1v) is 30.4. The molecule has 0 saturated carbocycles. The Morgan fingerprint density at radius 3 is 1.31 bits per heavy atom. The number of carbonyl (C=O) groups excluding carboxylic acids is 2. The van der Waals surface area contributed by atoms with Crippen LogP contribution in [0, 0.1) is 11.8 Å². The van der Waals surface area contributed by atoms with Crippen molar-refractivity contribution in [3.8, 4) is 0 Å². The lowest BCUT2D eigenvalue weighted by Crippen LogP contribution is -2.46. The van der Waals surface area contributed by atoms with Gasteiger partial charge < -0.3 is 48.9 Å². The van der Waals surface area contributed by atoms with E-state index in [1.54, 1.807) is 0 Å². The second-order valence-corrected chi connectivity index (χ2v) is 21.9. The fourth-order valence-corrected chi connectivity index (χ4v) is 9.91. The van der Waals surface area contributed by atoms with Crippen LogP contribution in [0.15, 0.2) is 12.2 Å². The van der Waals surface area contributed by atoms with Crippen molar-refractivity contribution in [2.75, 3.05) is 79.8 Å². The van der Waals surface area contributed by atoms with Crippen LogP contribution in [0.5, 0.6) is 0 Å². The Hall–Kier alpha value is -2.10. The summed E-state index contributed by atoms with van der Waals surface area (Å²) >= 11 is 11.4. The minimum absolute atomic E-state index is 0.108. The van der Waals surface area contributed by atoms with Gasteiger partial charge in [-0.1, -0.05) is 148 Å².